The van der Waals surface area contributed by atoms with Crippen molar-refractivity contribution in [3.8, 4) is 0 Å². The van der Waals surface area contributed by atoms with Crippen LogP contribution in [0.25, 0.3) is 16.8 Å². The van der Waals surface area contributed by atoms with Gasteiger partial charge in [0.2, 0.25) is 0 Å². The monoisotopic (exact) mass is 267 g/mol. The molecule has 0 amide bonds. The minimum Gasteiger partial charge on any atom is -0.375 e. The minimum atomic E-state index is 0.763. The van der Waals surface area contributed by atoms with Crippen LogP contribution in [-0.4, -0.2) is 31.2 Å². The lowest BCUT2D eigenvalue weighted by molar-refractivity contribution is 0.334. The van der Waals surface area contributed by atoms with E-state index in [-0.39, 0.29) is 0 Å². The van der Waals surface area contributed by atoms with Crippen molar-refractivity contribution in [1.29, 1.82) is 0 Å². The average molecular weight is 267 g/mol. The van der Waals surface area contributed by atoms with E-state index < -0.39 is 0 Å². The predicted molar refractivity (Wildman–Crippen MR) is 85.2 cm³/mol. The van der Waals surface area contributed by atoms with Crippen molar-refractivity contribution < 1.29 is 0 Å². The van der Waals surface area contributed by atoms with Crippen LogP contribution >= 0.6 is 0 Å². The summed E-state index contributed by atoms with van der Waals surface area (Å²) in [6.45, 7) is 3.75. The van der Waals surface area contributed by atoms with Gasteiger partial charge in [-0.05, 0) is 35.4 Å². The SMILES string of the molecule is NCCCN1CNC(=Cc2cccc3ccccc23)C1. The van der Waals surface area contributed by atoms with E-state index >= 15 is 0 Å². The molecule has 2 aromatic rings. The molecule has 0 atom stereocenters. The molecule has 0 bridgehead atoms. The second-order valence-corrected chi connectivity index (χ2v) is 5.27. The van der Waals surface area contributed by atoms with Crippen LogP contribution < -0.4 is 11.1 Å². The Morgan fingerprint density at radius 1 is 1.15 bits per heavy atom. The predicted octanol–water partition coefficient (Wildman–Crippen LogP) is 2.39. The number of hydrogen-bond donors (Lipinski definition) is 2. The molecule has 0 spiro atoms. The largest absolute Gasteiger partial charge is 0.375 e. The average Bonchev–Trinajstić information content (AvgIpc) is 2.93. The number of fused-ring (bicyclic) bond motifs is 1. The van der Waals surface area contributed by atoms with Crippen molar-refractivity contribution in [1.82, 2.24) is 10.2 Å². The molecule has 0 aromatic heterocycles. The highest BCUT2D eigenvalue weighted by molar-refractivity contribution is 5.90. The van der Waals surface area contributed by atoms with Crippen molar-refractivity contribution in [3.05, 3.63) is 53.7 Å². The van der Waals surface area contributed by atoms with E-state index in [1.807, 2.05) is 0 Å². The number of benzene rings is 2. The second-order valence-electron chi connectivity index (χ2n) is 5.27. The van der Waals surface area contributed by atoms with Crippen LogP contribution in [0, 0.1) is 0 Å². The lowest BCUT2D eigenvalue weighted by Crippen LogP contribution is -2.24. The van der Waals surface area contributed by atoms with Gasteiger partial charge >= 0.3 is 0 Å². The summed E-state index contributed by atoms with van der Waals surface area (Å²) in [7, 11) is 0. The molecule has 1 aliphatic rings. The third-order valence-electron chi connectivity index (χ3n) is 3.76. The molecule has 3 rings (SSSR count). The minimum absolute atomic E-state index is 0.763. The Balaban J connectivity index is 1.81. The van der Waals surface area contributed by atoms with Gasteiger partial charge in [-0.15, -0.1) is 0 Å². The van der Waals surface area contributed by atoms with Gasteiger partial charge in [0.25, 0.3) is 0 Å². The van der Waals surface area contributed by atoms with Crippen molar-refractivity contribution in [2.45, 2.75) is 6.42 Å². The van der Waals surface area contributed by atoms with E-state index in [1.165, 1.54) is 22.0 Å². The van der Waals surface area contributed by atoms with Gasteiger partial charge in [-0.25, -0.2) is 0 Å². The number of rotatable bonds is 4. The van der Waals surface area contributed by atoms with Gasteiger partial charge in [0.05, 0.1) is 6.67 Å². The zero-order valence-corrected chi connectivity index (χ0v) is 11.7. The molecule has 3 heteroatoms. The Hall–Kier alpha value is -1.84. The van der Waals surface area contributed by atoms with Gasteiger partial charge in [-0.2, -0.15) is 0 Å². The molecule has 3 nitrogen and oxygen atoms in total. The molecule has 0 aliphatic carbocycles. The van der Waals surface area contributed by atoms with Crippen LogP contribution in [0.3, 0.4) is 0 Å². The lowest BCUT2D eigenvalue weighted by atomic mass is 10.0. The maximum atomic E-state index is 5.57. The smallest absolute Gasteiger partial charge is 0.0679 e. The van der Waals surface area contributed by atoms with Gasteiger partial charge in [0.1, 0.15) is 0 Å². The van der Waals surface area contributed by atoms with E-state index in [0.29, 0.717) is 0 Å². The molecule has 20 heavy (non-hydrogen) atoms. The summed E-state index contributed by atoms with van der Waals surface area (Å²) in [5, 5.41) is 6.08. The Labute approximate surface area is 120 Å². The third-order valence-corrected chi connectivity index (χ3v) is 3.76. The summed E-state index contributed by atoms with van der Waals surface area (Å²) in [5.74, 6) is 0. The number of nitrogens with two attached hydrogens (primary N) is 1. The summed E-state index contributed by atoms with van der Waals surface area (Å²) in [5.41, 5.74) is 8.14. The molecule has 1 fully saturated rings. The summed E-state index contributed by atoms with van der Waals surface area (Å²) < 4.78 is 0. The Morgan fingerprint density at radius 3 is 2.90 bits per heavy atom. The first-order chi connectivity index (χ1) is 9.86. The maximum Gasteiger partial charge on any atom is 0.0679 e. The van der Waals surface area contributed by atoms with E-state index in [0.717, 1.165) is 32.7 Å². The first kappa shape index (κ1) is 13.2. The van der Waals surface area contributed by atoms with Crippen LogP contribution in [0.5, 0.6) is 0 Å². The van der Waals surface area contributed by atoms with Crippen molar-refractivity contribution in [3.63, 3.8) is 0 Å². The molecular formula is C17H21N3. The molecule has 1 heterocycles. The summed E-state index contributed by atoms with van der Waals surface area (Å²) in [6.07, 6.45) is 3.33. The fraction of sp³-hybridized carbons (Fsp3) is 0.294. The van der Waals surface area contributed by atoms with Crippen molar-refractivity contribution >= 4 is 16.8 Å². The van der Waals surface area contributed by atoms with Gasteiger partial charge in [-0.1, -0.05) is 42.5 Å². The zero-order chi connectivity index (χ0) is 13.8. The molecule has 2 aromatic carbocycles. The summed E-state index contributed by atoms with van der Waals surface area (Å²) in [4.78, 5) is 2.39. The highest BCUT2D eigenvalue weighted by atomic mass is 15.3. The Kier molecular flexibility index (Phi) is 4.00. The fourth-order valence-electron chi connectivity index (χ4n) is 2.70. The molecule has 0 radical (unpaired) electrons. The Bertz CT molecular complexity index is 613. The third kappa shape index (κ3) is 2.84. The zero-order valence-electron chi connectivity index (χ0n) is 11.7. The quantitative estimate of drug-likeness (QED) is 0.893. The van der Waals surface area contributed by atoms with Gasteiger partial charge < -0.3 is 11.1 Å². The standard InChI is InChI=1S/C17H21N3/c18-9-4-10-20-12-16(19-13-20)11-15-7-3-6-14-5-1-2-8-17(14)15/h1-3,5-8,11,19H,4,9-10,12-13,18H2. The number of nitrogens with zero attached hydrogens (tertiary/aromatic N) is 1. The fourth-order valence-corrected chi connectivity index (χ4v) is 2.70. The molecular weight excluding hydrogens is 246 g/mol. The molecule has 3 N–H and O–H groups in total. The Morgan fingerprint density at radius 2 is 2.00 bits per heavy atom. The molecule has 104 valence electrons. The van der Waals surface area contributed by atoms with Crippen LogP contribution in [0.1, 0.15) is 12.0 Å². The van der Waals surface area contributed by atoms with Crippen LogP contribution in [-0.2, 0) is 0 Å². The summed E-state index contributed by atoms with van der Waals surface area (Å²) >= 11 is 0. The molecule has 1 saturated heterocycles. The van der Waals surface area contributed by atoms with Gasteiger partial charge in [-0.3, -0.25) is 4.90 Å². The lowest BCUT2D eigenvalue weighted by Gasteiger charge is -2.11. The van der Waals surface area contributed by atoms with E-state index in [9.17, 15) is 0 Å². The van der Waals surface area contributed by atoms with Crippen LogP contribution in [0.15, 0.2) is 48.2 Å². The molecule has 1 aliphatic heterocycles. The first-order valence-corrected chi connectivity index (χ1v) is 7.21. The van der Waals surface area contributed by atoms with Crippen LogP contribution in [0.2, 0.25) is 0 Å². The first-order valence-electron chi connectivity index (χ1n) is 7.21. The molecule has 0 saturated carbocycles. The van der Waals surface area contributed by atoms with E-state index in [4.69, 9.17) is 5.73 Å². The van der Waals surface area contributed by atoms with Crippen molar-refractivity contribution in [2.75, 3.05) is 26.3 Å². The van der Waals surface area contributed by atoms with E-state index in [2.05, 4.69) is 58.8 Å². The number of nitrogens with one attached hydrogen (secondary N) is 1. The maximum absolute atomic E-state index is 5.57. The van der Waals surface area contributed by atoms with Crippen LogP contribution in [0.4, 0.5) is 0 Å². The van der Waals surface area contributed by atoms with E-state index in [1.54, 1.807) is 0 Å². The second kappa shape index (κ2) is 6.07. The normalized spacial score (nSPS) is 17.8. The highest BCUT2D eigenvalue weighted by Crippen LogP contribution is 2.21. The van der Waals surface area contributed by atoms with Crippen molar-refractivity contribution in [2.24, 2.45) is 5.73 Å². The topological polar surface area (TPSA) is 41.3 Å². The van der Waals surface area contributed by atoms with Gasteiger partial charge in [0.15, 0.2) is 0 Å². The molecule has 0 unspecified atom stereocenters. The summed E-state index contributed by atoms with van der Waals surface area (Å²) in [6, 6.07) is 15.0. The highest BCUT2D eigenvalue weighted by Gasteiger charge is 2.14. The van der Waals surface area contributed by atoms with Gasteiger partial charge in [0, 0.05) is 18.8 Å². The number of hydrogen-bond acceptors (Lipinski definition) is 3.